The minimum atomic E-state index is -5.08. The van der Waals surface area contributed by atoms with Gasteiger partial charge in [0.05, 0.1) is 5.92 Å². The molecule has 4 heterocycles. The number of carboxylic acid groups (broad SMARTS) is 1. The van der Waals surface area contributed by atoms with Gasteiger partial charge in [-0.3, -0.25) is 9.78 Å². The fourth-order valence-corrected chi connectivity index (χ4v) is 3.51. The number of carbonyl (C=O) groups excluding carboxylic acids is 1. The lowest BCUT2D eigenvalue weighted by molar-refractivity contribution is -0.192. The molecule has 0 aromatic carbocycles. The molecule has 2 aromatic heterocycles. The zero-order valence-corrected chi connectivity index (χ0v) is 16.1. The van der Waals surface area contributed by atoms with Crippen molar-refractivity contribution in [3.8, 4) is 0 Å². The molecule has 2 atom stereocenters. The molecular weight excluding hydrogens is 403 g/mol. The van der Waals surface area contributed by atoms with Crippen LogP contribution in [0.3, 0.4) is 0 Å². The number of carbonyl (C=O) groups is 2. The van der Waals surface area contributed by atoms with Crippen LogP contribution in [-0.4, -0.2) is 62.6 Å². The first-order valence-corrected chi connectivity index (χ1v) is 9.16. The summed E-state index contributed by atoms with van der Waals surface area (Å²) in [6.07, 6.45) is 2.15. The van der Waals surface area contributed by atoms with E-state index < -0.39 is 12.1 Å². The van der Waals surface area contributed by atoms with Crippen LogP contribution < -0.4 is 4.90 Å². The van der Waals surface area contributed by atoms with E-state index in [0.29, 0.717) is 12.5 Å². The third-order valence-electron chi connectivity index (χ3n) is 4.91. The Hall–Kier alpha value is -3.24. The number of pyridine rings is 1. The predicted molar refractivity (Wildman–Crippen MR) is 99.3 cm³/mol. The highest BCUT2D eigenvalue weighted by atomic mass is 19.4. The molecule has 1 N–H and O–H groups in total. The Morgan fingerprint density at radius 2 is 1.87 bits per heavy atom. The Labute approximate surface area is 170 Å². The Morgan fingerprint density at radius 3 is 2.40 bits per heavy atom. The third-order valence-corrected chi connectivity index (χ3v) is 4.91. The summed E-state index contributed by atoms with van der Waals surface area (Å²) in [7, 11) is 0. The second-order valence-corrected chi connectivity index (χ2v) is 7.21. The number of aryl methyl sites for hydroxylation is 1. The first-order chi connectivity index (χ1) is 14.1. The van der Waals surface area contributed by atoms with Crippen LogP contribution in [-0.2, 0) is 16.1 Å². The Balaban J connectivity index is 0.000000318. The summed E-state index contributed by atoms with van der Waals surface area (Å²) in [6, 6.07) is 3.92. The van der Waals surface area contributed by atoms with Crippen LogP contribution in [0.5, 0.6) is 0 Å². The van der Waals surface area contributed by atoms with Crippen LogP contribution >= 0.6 is 0 Å². The van der Waals surface area contributed by atoms with Crippen molar-refractivity contribution in [2.24, 2.45) is 11.8 Å². The second kappa shape index (κ2) is 8.64. The number of alkyl halides is 3. The van der Waals surface area contributed by atoms with Gasteiger partial charge in [0.2, 0.25) is 11.9 Å². The van der Waals surface area contributed by atoms with Crippen molar-refractivity contribution in [1.29, 1.82) is 0 Å². The van der Waals surface area contributed by atoms with Crippen molar-refractivity contribution in [3.05, 3.63) is 48.0 Å². The highest BCUT2D eigenvalue weighted by molar-refractivity contribution is 5.83. The van der Waals surface area contributed by atoms with E-state index in [1.165, 1.54) is 0 Å². The van der Waals surface area contributed by atoms with Gasteiger partial charge in [-0.2, -0.15) is 13.2 Å². The average Bonchev–Trinajstić information content (AvgIpc) is 3.23. The van der Waals surface area contributed by atoms with Crippen LogP contribution in [0, 0.1) is 18.8 Å². The number of anilines is 1. The summed E-state index contributed by atoms with van der Waals surface area (Å²) in [5, 5.41) is 7.12. The number of halogens is 3. The van der Waals surface area contributed by atoms with E-state index in [0.717, 1.165) is 36.7 Å². The van der Waals surface area contributed by atoms with Gasteiger partial charge in [0, 0.05) is 56.9 Å². The molecule has 2 fully saturated rings. The van der Waals surface area contributed by atoms with Gasteiger partial charge >= 0.3 is 12.1 Å². The minimum Gasteiger partial charge on any atom is -0.475 e. The Kier molecular flexibility index (Phi) is 6.18. The van der Waals surface area contributed by atoms with E-state index in [-0.39, 0.29) is 11.8 Å². The number of carboxylic acids is 1. The first kappa shape index (κ1) is 21.5. The van der Waals surface area contributed by atoms with Crippen molar-refractivity contribution in [1.82, 2.24) is 19.9 Å². The number of rotatable bonds is 3. The van der Waals surface area contributed by atoms with E-state index in [4.69, 9.17) is 9.90 Å². The molecule has 0 unspecified atom stereocenters. The number of aromatic nitrogens is 3. The third kappa shape index (κ3) is 5.02. The van der Waals surface area contributed by atoms with Gasteiger partial charge in [-0.15, -0.1) is 0 Å². The summed E-state index contributed by atoms with van der Waals surface area (Å²) >= 11 is 0. The quantitative estimate of drug-likeness (QED) is 0.805. The Morgan fingerprint density at radius 1 is 1.20 bits per heavy atom. The molecular formula is C19H20F3N5O3. The lowest BCUT2D eigenvalue weighted by Gasteiger charge is -2.21. The molecule has 0 bridgehead atoms. The first-order valence-electron chi connectivity index (χ1n) is 9.16. The summed E-state index contributed by atoms with van der Waals surface area (Å²) in [4.78, 5) is 38.5. The van der Waals surface area contributed by atoms with Crippen LogP contribution in [0.25, 0.3) is 0 Å². The molecule has 11 heteroatoms. The van der Waals surface area contributed by atoms with Gasteiger partial charge in [-0.05, 0) is 24.1 Å². The molecule has 2 aliphatic heterocycles. The maximum Gasteiger partial charge on any atom is 0.490 e. The molecule has 0 saturated carbocycles. The smallest absolute Gasteiger partial charge is 0.475 e. The topological polar surface area (TPSA) is 99.5 Å². The predicted octanol–water partition coefficient (Wildman–Crippen LogP) is 1.91. The highest BCUT2D eigenvalue weighted by Gasteiger charge is 2.46. The van der Waals surface area contributed by atoms with Crippen molar-refractivity contribution >= 4 is 17.8 Å². The molecule has 30 heavy (non-hydrogen) atoms. The minimum absolute atomic E-state index is 0.0663. The monoisotopic (exact) mass is 423 g/mol. The zero-order chi connectivity index (χ0) is 21.9. The SMILES string of the molecule is Cc1cnc(N2C[C@H]3CN(Cc4cccnc4)C(=O)[C@H]3C2)nc1.O=C(O)C(F)(F)F. The normalized spacial score (nSPS) is 20.6. The molecule has 2 aliphatic rings. The van der Waals surface area contributed by atoms with E-state index in [1.54, 1.807) is 6.20 Å². The van der Waals surface area contributed by atoms with Crippen molar-refractivity contribution in [2.75, 3.05) is 24.5 Å². The van der Waals surface area contributed by atoms with Gasteiger partial charge in [0.15, 0.2) is 0 Å². The van der Waals surface area contributed by atoms with Crippen LogP contribution in [0.15, 0.2) is 36.9 Å². The van der Waals surface area contributed by atoms with E-state index in [1.807, 2.05) is 42.5 Å². The molecule has 4 rings (SSSR count). The van der Waals surface area contributed by atoms with Gasteiger partial charge in [-0.1, -0.05) is 6.07 Å². The van der Waals surface area contributed by atoms with Gasteiger partial charge in [0.1, 0.15) is 0 Å². The maximum absolute atomic E-state index is 12.7. The number of hydrogen-bond donors (Lipinski definition) is 1. The summed E-state index contributed by atoms with van der Waals surface area (Å²) in [5.74, 6) is -1.35. The fraction of sp³-hybridized carbons (Fsp3) is 0.421. The summed E-state index contributed by atoms with van der Waals surface area (Å²) < 4.78 is 31.7. The Bertz CT molecular complexity index is 893. The van der Waals surface area contributed by atoms with Gasteiger partial charge in [-0.25, -0.2) is 14.8 Å². The van der Waals surface area contributed by atoms with E-state index >= 15 is 0 Å². The molecule has 160 valence electrons. The number of hydrogen-bond acceptors (Lipinski definition) is 6. The average molecular weight is 423 g/mol. The van der Waals surface area contributed by atoms with E-state index in [2.05, 4.69) is 19.9 Å². The molecule has 2 aromatic rings. The largest absolute Gasteiger partial charge is 0.490 e. The second-order valence-electron chi connectivity index (χ2n) is 7.21. The molecule has 2 saturated heterocycles. The maximum atomic E-state index is 12.7. The number of nitrogens with zero attached hydrogens (tertiary/aromatic N) is 5. The highest BCUT2D eigenvalue weighted by Crippen LogP contribution is 2.34. The lowest BCUT2D eigenvalue weighted by Crippen LogP contribution is -2.33. The lowest BCUT2D eigenvalue weighted by atomic mass is 10.0. The van der Waals surface area contributed by atoms with Gasteiger partial charge in [0.25, 0.3) is 0 Å². The molecule has 1 amide bonds. The summed E-state index contributed by atoms with van der Waals surface area (Å²) in [6.45, 7) is 5.00. The van der Waals surface area contributed by atoms with Crippen LogP contribution in [0.4, 0.5) is 19.1 Å². The molecule has 0 spiro atoms. The van der Waals surface area contributed by atoms with Gasteiger partial charge < -0.3 is 14.9 Å². The number of likely N-dealkylation sites (tertiary alicyclic amines) is 1. The van der Waals surface area contributed by atoms with Crippen molar-refractivity contribution in [2.45, 2.75) is 19.6 Å². The summed E-state index contributed by atoms with van der Waals surface area (Å²) in [5.41, 5.74) is 2.13. The number of fused-ring (bicyclic) bond motifs is 1. The van der Waals surface area contributed by atoms with E-state index in [9.17, 15) is 18.0 Å². The molecule has 8 nitrogen and oxygen atoms in total. The van der Waals surface area contributed by atoms with Crippen LogP contribution in [0.1, 0.15) is 11.1 Å². The zero-order valence-electron chi connectivity index (χ0n) is 16.1. The van der Waals surface area contributed by atoms with Crippen molar-refractivity contribution < 1.29 is 27.9 Å². The fourth-order valence-electron chi connectivity index (χ4n) is 3.51. The molecule has 0 aliphatic carbocycles. The standard InChI is InChI=1S/C17H19N5O.C2HF3O2/c1-12-5-19-17(20-6-12)22-10-14-9-21(16(23)15(14)11-22)8-13-3-2-4-18-7-13;3-2(4,5)1(6)7/h2-7,14-15H,8-11H2,1H3;(H,6,7)/t14-,15+;/m1./s1. The number of aliphatic carboxylic acids is 1. The van der Waals surface area contributed by atoms with Crippen molar-refractivity contribution in [3.63, 3.8) is 0 Å². The number of amides is 1. The van der Waals surface area contributed by atoms with Crippen LogP contribution in [0.2, 0.25) is 0 Å². The molecule has 0 radical (unpaired) electrons.